The Kier molecular flexibility index (Phi) is 7.46. The third-order valence-electron chi connectivity index (χ3n) is 3.85. The average molecular weight is 333 g/mol. The van der Waals surface area contributed by atoms with Crippen LogP contribution in [-0.2, 0) is 14.9 Å². The molecule has 1 fully saturated rings. The van der Waals surface area contributed by atoms with Gasteiger partial charge in [-0.2, -0.15) is 0 Å². The molecule has 2 N–H and O–H groups in total. The van der Waals surface area contributed by atoms with Crippen molar-refractivity contribution < 1.29 is 9.53 Å². The van der Waals surface area contributed by atoms with Gasteiger partial charge in [-0.05, 0) is 37.6 Å². The van der Waals surface area contributed by atoms with Crippen LogP contribution >= 0.6 is 24.0 Å². The lowest BCUT2D eigenvalue weighted by Gasteiger charge is -2.38. The molecule has 0 atom stereocenters. The van der Waals surface area contributed by atoms with Gasteiger partial charge in [-0.15, -0.1) is 12.4 Å². The smallest absolute Gasteiger partial charge is 0.233 e. The van der Waals surface area contributed by atoms with Crippen LogP contribution in [0.15, 0.2) is 24.3 Å². The van der Waals surface area contributed by atoms with Crippen LogP contribution in [0.4, 0.5) is 0 Å². The Morgan fingerprint density at radius 2 is 2.10 bits per heavy atom. The summed E-state index contributed by atoms with van der Waals surface area (Å²) in [5, 5.41) is 6.60. The van der Waals surface area contributed by atoms with Gasteiger partial charge < -0.3 is 15.4 Å². The van der Waals surface area contributed by atoms with E-state index in [1.807, 2.05) is 18.2 Å². The molecule has 0 aliphatic carbocycles. The summed E-state index contributed by atoms with van der Waals surface area (Å²) in [5.41, 5.74) is 1.10. The first-order valence-corrected chi connectivity index (χ1v) is 7.29. The number of carbonyl (C=O) groups excluding carboxylic acids is 1. The second-order valence-electron chi connectivity index (χ2n) is 5.21. The standard InChI is InChI=1S/C15H21ClN2O2.ClH/c1-17-10-14(19)18-11-15(5-7-20-8-6-15)12-3-2-4-13(16)9-12;/h2-4,9,17H,5-8,10-11H2,1H3,(H,18,19);1H. The fraction of sp³-hybridized carbons (Fsp3) is 0.533. The van der Waals surface area contributed by atoms with Crippen LogP contribution in [-0.4, -0.2) is 39.3 Å². The van der Waals surface area contributed by atoms with E-state index in [0.717, 1.165) is 17.9 Å². The van der Waals surface area contributed by atoms with Crippen LogP contribution in [0.3, 0.4) is 0 Å². The zero-order valence-electron chi connectivity index (χ0n) is 12.2. The van der Waals surface area contributed by atoms with Crippen LogP contribution in [0.25, 0.3) is 0 Å². The van der Waals surface area contributed by atoms with Gasteiger partial charge in [0, 0.05) is 30.2 Å². The van der Waals surface area contributed by atoms with Crippen molar-refractivity contribution in [3.63, 3.8) is 0 Å². The maximum Gasteiger partial charge on any atom is 0.233 e. The molecule has 1 saturated heterocycles. The normalized spacial score (nSPS) is 16.9. The van der Waals surface area contributed by atoms with Crippen molar-refractivity contribution >= 4 is 29.9 Å². The molecule has 1 amide bonds. The molecule has 0 spiro atoms. The lowest BCUT2D eigenvalue weighted by molar-refractivity contribution is -0.120. The van der Waals surface area contributed by atoms with E-state index in [0.29, 0.717) is 26.3 Å². The van der Waals surface area contributed by atoms with Crippen LogP contribution in [0, 0.1) is 0 Å². The Labute approximate surface area is 137 Å². The van der Waals surface area contributed by atoms with Crippen LogP contribution in [0.5, 0.6) is 0 Å². The van der Waals surface area contributed by atoms with Crippen LogP contribution in [0.1, 0.15) is 18.4 Å². The zero-order valence-corrected chi connectivity index (χ0v) is 13.7. The minimum Gasteiger partial charge on any atom is -0.381 e. The minimum absolute atomic E-state index is 0. The molecule has 4 nitrogen and oxygen atoms in total. The molecule has 0 bridgehead atoms. The number of carbonyl (C=O) groups is 1. The molecule has 0 unspecified atom stereocenters. The maximum atomic E-state index is 11.7. The van der Waals surface area contributed by atoms with Gasteiger partial charge in [0.25, 0.3) is 0 Å². The molecule has 21 heavy (non-hydrogen) atoms. The predicted octanol–water partition coefficient (Wildman–Crippen LogP) is 2.15. The first kappa shape index (κ1) is 18.2. The number of nitrogens with one attached hydrogen (secondary N) is 2. The molecule has 1 aromatic rings. The van der Waals surface area contributed by atoms with Crippen molar-refractivity contribution in [2.24, 2.45) is 0 Å². The van der Waals surface area contributed by atoms with Crippen LogP contribution in [0.2, 0.25) is 5.02 Å². The zero-order chi connectivity index (χ0) is 14.4. The fourth-order valence-electron chi connectivity index (χ4n) is 2.64. The van der Waals surface area contributed by atoms with Crippen molar-refractivity contribution in [1.82, 2.24) is 10.6 Å². The van der Waals surface area contributed by atoms with E-state index in [1.165, 1.54) is 5.56 Å². The van der Waals surface area contributed by atoms with Crippen molar-refractivity contribution in [3.8, 4) is 0 Å². The number of hydrogen-bond donors (Lipinski definition) is 2. The molecule has 0 radical (unpaired) electrons. The quantitative estimate of drug-likeness (QED) is 0.868. The number of hydrogen-bond acceptors (Lipinski definition) is 3. The van der Waals surface area contributed by atoms with Crippen molar-refractivity contribution in [3.05, 3.63) is 34.9 Å². The first-order valence-electron chi connectivity index (χ1n) is 6.91. The van der Waals surface area contributed by atoms with E-state index in [9.17, 15) is 4.79 Å². The molecule has 1 aliphatic rings. The van der Waals surface area contributed by atoms with Gasteiger partial charge in [0.2, 0.25) is 5.91 Å². The number of halogens is 2. The van der Waals surface area contributed by atoms with Gasteiger partial charge in [0.05, 0.1) is 6.54 Å². The third kappa shape index (κ3) is 4.85. The topological polar surface area (TPSA) is 50.4 Å². The van der Waals surface area contributed by atoms with Gasteiger partial charge in [-0.1, -0.05) is 23.7 Å². The number of amides is 1. The van der Waals surface area contributed by atoms with Gasteiger partial charge in [0.1, 0.15) is 0 Å². The number of rotatable bonds is 5. The van der Waals surface area contributed by atoms with Gasteiger partial charge in [0.15, 0.2) is 0 Å². The van der Waals surface area contributed by atoms with Gasteiger partial charge in [-0.25, -0.2) is 0 Å². The Balaban J connectivity index is 0.00000220. The summed E-state index contributed by atoms with van der Waals surface area (Å²) in [6.45, 7) is 2.39. The fourth-order valence-corrected chi connectivity index (χ4v) is 2.83. The molecule has 0 aromatic heterocycles. The Morgan fingerprint density at radius 1 is 1.38 bits per heavy atom. The summed E-state index contributed by atoms with van der Waals surface area (Å²) in [7, 11) is 1.76. The molecule has 1 aliphatic heterocycles. The Bertz CT molecular complexity index is 463. The Hall–Kier alpha value is -0.810. The van der Waals surface area contributed by atoms with E-state index in [1.54, 1.807) is 7.05 Å². The predicted molar refractivity (Wildman–Crippen MR) is 87.4 cm³/mol. The minimum atomic E-state index is -0.0768. The summed E-state index contributed by atoms with van der Waals surface area (Å²) in [6, 6.07) is 7.92. The first-order chi connectivity index (χ1) is 9.66. The van der Waals surface area contributed by atoms with E-state index in [2.05, 4.69) is 16.7 Å². The van der Waals surface area contributed by atoms with E-state index >= 15 is 0 Å². The molecule has 1 aromatic carbocycles. The van der Waals surface area contributed by atoms with Crippen LogP contribution < -0.4 is 10.6 Å². The van der Waals surface area contributed by atoms with E-state index in [4.69, 9.17) is 16.3 Å². The van der Waals surface area contributed by atoms with Crippen molar-refractivity contribution in [2.75, 3.05) is 33.4 Å². The second kappa shape index (κ2) is 8.59. The molecular weight excluding hydrogens is 311 g/mol. The van der Waals surface area contributed by atoms with E-state index in [-0.39, 0.29) is 23.7 Å². The lowest BCUT2D eigenvalue weighted by Crippen LogP contribution is -2.46. The maximum absolute atomic E-state index is 11.7. The summed E-state index contributed by atoms with van der Waals surface area (Å²) in [6.07, 6.45) is 1.79. The van der Waals surface area contributed by atoms with Crippen molar-refractivity contribution in [1.29, 1.82) is 0 Å². The van der Waals surface area contributed by atoms with Crippen molar-refractivity contribution in [2.45, 2.75) is 18.3 Å². The summed E-state index contributed by atoms with van der Waals surface area (Å²) in [4.78, 5) is 11.7. The number of benzene rings is 1. The molecule has 118 valence electrons. The molecule has 1 heterocycles. The summed E-state index contributed by atoms with van der Waals surface area (Å²) in [5.74, 6) is 0.0143. The molecule has 2 rings (SSSR count). The lowest BCUT2D eigenvalue weighted by atomic mass is 9.74. The van der Waals surface area contributed by atoms with E-state index < -0.39 is 0 Å². The second-order valence-corrected chi connectivity index (χ2v) is 5.65. The monoisotopic (exact) mass is 332 g/mol. The number of likely N-dealkylation sites (N-methyl/N-ethyl adjacent to an activating group) is 1. The average Bonchev–Trinajstić information content (AvgIpc) is 2.46. The summed E-state index contributed by atoms with van der Waals surface area (Å²) >= 11 is 6.11. The summed E-state index contributed by atoms with van der Waals surface area (Å²) < 4.78 is 5.47. The van der Waals surface area contributed by atoms with Gasteiger partial charge in [-0.3, -0.25) is 4.79 Å². The SMILES string of the molecule is CNCC(=O)NCC1(c2cccc(Cl)c2)CCOCC1.Cl. The molecular formula is C15H22Cl2N2O2. The highest BCUT2D eigenvalue weighted by atomic mass is 35.5. The highest BCUT2D eigenvalue weighted by Crippen LogP contribution is 2.35. The third-order valence-corrected chi connectivity index (χ3v) is 4.08. The highest BCUT2D eigenvalue weighted by Gasteiger charge is 2.34. The van der Waals surface area contributed by atoms with Gasteiger partial charge >= 0.3 is 0 Å². The molecule has 6 heteroatoms. The molecule has 0 saturated carbocycles. The largest absolute Gasteiger partial charge is 0.381 e. The Morgan fingerprint density at radius 3 is 2.71 bits per heavy atom. The number of ether oxygens (including phenoxy) is 1. The highest BCUT2D eigenvalue weighted by molar-refractivity contribution is 6.30.